The Kier molecular flexibility index (Phi) is 49.4. The number of rotatable bonds is 52. The normalized spacial score (nSPS) is 19.6. The third-order valence-electron chi connectivity index (χ3n) is 14.4. The lowest BCUT2D eigenvalue weighted by Gasteiger charge is -2.41. The summed E-state index contributed by atoms with van der Waals surface area (Å²) in [6.45, 7) is 5.61. The van der Waals surface area contributed by atoms with E-state index >= 15 is 0 Å². The van der Waals surface area contributed by atoms with Gasteiger partial charge in [0, 0.05) is 6.42 Å². The fourth-order valence-corrected chi connectivity index (χ4v) is 9.45. The molecule has 8 unspecified atom stereocenters. The van der Waals surface area contributed by atoms with Gasteiger partial charge in [-0.2, -0.15) is 0 Å². The predicted molar refractivity (Wildman–Crippen MR) is 315 cm³/mol. The number of nitrogens with one attached hydrogen (secondary N) is 1. The number of ether oxygens (including phenoxy) is 3. The molecule has 0 aliphatic carbocycles. The summed E-state index contributed by atoms with van der Waals surface area (Å²) in [5.74, 6) is -1.22. The van der Waals surface area contributed by atoms with Crippen molar-refractivity contribution in [1.29, 1.82) is 0 Å². The van der Waals surface area contributed by atoms with E-state index in [1.54, 1.807) is 6.08 Å². The topological polar surface area (TPSA) is 175 Å². The lowest BCUT2D eigenvalue weighted by atomic mass is 9.99. The molecule has 1 saturated heterocycles. The molecule has 1 amide bonds. The van der Waals surface area contributed by atoms with Gasteiger partial charge in [0.15, 0.2) is 12.4 Å². The van der Waals surface area contributed by atoms with Crippen molar-refractivity contribution in [3.05, 3.63) is 72.9 Å². The van der Waals surface area contributed by atoms with Crippen molar-refractivity contribution in [2.24, 2.45) is 0 Å². The van der Waals surface area contributed by atoms with E-state index in [9.17, 15) is 35.1 Å². The van der Waals surface area contributed by atoms with Crippen molar-refractivity contribution in [3.63, 3.8) is 0 Å². The van der Waals surface area contributed by atoms with Crippen molar-refractivity contribution in [1.82, 2.24) is 5.32 Å². The Balaban J connectivity index is 2.62. The molecule has 8 atom stereocenters. The average molecular weight is 1070 g/mol. The summed E-state index contributed by atoms with van der Waals surface area (Å²) in [7, 11) is 0. The fourth-order valence-electron chi connectivity index (χ4n) is 9.45. The predicted octanol–water partition coefficient (Wildman–Crippen LogP) is 14.8. The van der Waals surface area contributed by atoms with Gasteiger partial charge < -0.3 is 45.1 Å². The molecule has 0 radical (unpaired) electrons. The van der Waals surface area contributed by atoms with Crippen LogP contribution in [0.5, 0.6) is 0 Å². The Morgan fingerprint density at radius 2 is 1.00 bits per heavy atom. The molecule has 1 aliphatic heterocycles. The molecule has 0 bridgehead atoms. The number of amides is 1. The zero-order valence-electron chi connectivity index (χ0n) is 48.6. The van der Waals surface area contributed by atoms with Crippen LogP contribution in [0.1, 0.15) is 265 Å². The van der Waals surface area contributed by atoms with E-state index in [0.717, 1.165) is 77.0 Å². The van der Waals surface area contributed by atoms with Crippen LogP contribution < -0.4 is 5.32 Å². The van der Waals surface area contributed by atoms with Gasteiger partial charge in [0.05, 0.1) is 25.4 Å². The first kappa shape index (κ1) is 71.1. The van der Waals surface area contributed by atoms with Gasteiger partial charge in [0.2, 0.25) is 5.91 Å². The van der Waals surface area contributed by atoms with E-state index in [0.29, 0.717) is 12.8 Å². The van der Waals surface area contributed by atoms with Crippen LogP contribution in [0.4, 0.5) is 0 Å². The number of hydrogen-bond donors (Lipinski definition) is 6. The zero-order chi connectivity index (χ0) is 55.4. The number of carbonyl (C=O) groups excluding carboxylic acids is 2. The van der Waals surface area contributed by atoms with Crippen molar-refractivity contribution in [2.45, 2.75) is 314 Å². The number of aliphatic hydroxyl groups is 5. The molecule has 11 heteroatoms. The zero-order valence-corrected chi connectivity index (χ0v) is 48.6. The minimum absolute atomic E-state index is 0.118. The van der Waals surface area contributed by atoms with Gasteiger partial charge in [0.25, 0.3) is 0 Å². The SMILES string of the molecule is CC/C=C/C=C/C=C\CCCCCCC(O)C(=O)NC(COC1OC(CO)C(O)C(O)C1OC(=O)CCCCCCCCCCCCCCC/C=C\C/C=C\CCCCC)C(O)/C=C/CCCCCCCCCCCC. The minimum Gasteiger partial charge on any atom is -0.454 e. The molecule has 0 saturated carbocycles. The van der Waals surface area contributed by atoms with Crippen molar-refractivity contribution >= 4 is 11.9 Å². The summed E-state index contributed by atoms with van der Waals surface area (Å²) in [6, 6.07) is -1.04. The van der Waals surface area contributed by atoms with E-state index < -0.39 is 67.4 Å². The molecule has 440 valence electrons. The van der Waals surface area contributed by atoms with Gasteiger partial charge in [-0.3, -0.25) is 9.59 Å². The molecule has 6 N–H and O–H groups in total. The lowest BCUT2D eigenvalue weighted by molar-refractivity contribution is -0.305. The molecule has 0 spiro atoms. The van der Waals surface area contributed by atoms with Crippen LogP contribution >= 0.6 is 0 Å². The van der Waals surface area contributed by atoms with Gasteiger partial charge in [0.1, 0.15) is 24.4 Å². The van der Waals surface area contributed by atoms with Crippen molar-refractivity contribution in [2.75, 3.05) is 13.2 Å². The smallest absolute Gasteiger partial charge is 0.306 e. The summed E-state index contributed by atoms with van der Waals surface area (Å²) in [5.41, 5.74) is 0. The van der Waals surface area contributed by atoms with Crippen LogP contribution in [-0.2, 0) is 23.8 Å². The van der Waals surface area contributed by atoms with Gasteiger partial charge >= 0.3 is 5.97 Å². The molecule has 1 fully saturated rings. The van der Waals surface area contributed by atoms with E-state index in [1.807, 2.05) is 30.4 Å². The standard InChI is InChI=1S/C65H115NO10/c1-4-7-10-13-16-19-22-25-26-27-28-29-30-31-32-33-34-35-38-41-44-47-50-53-60(70)76-63-62(72)61(71)59(54-67)75-65(63)74-55-56(57(68)51-48-45-42-39-36-23-20-17-14-11-8-5-2)66-64(73)58(69)52-49-46-43-40-37-24-21-18-15-12-9-6-3/h9,12,15-16,18-19,21,24-26,48,51,56-59,61-63,65,67-69,71-72H,4-8,10-11,13-14,17,20,22-23,27-47,49-50,52-55H2,1-3H3,(H,66,73)/b12-9+,18-15+,19-16-,24-21-,26-25-,51-48+. The van der Waals surface area contributed by atoms with Crippen LogP contribution in [0.25, 0.3) is 0 Å². The molecular formula is C65H115NO10. The molecular weight excluding hydrogens is 955 g/mol. The van der Waals surface area contributed by atoms with Crippen LogP contribution in [0.3, 0.4) is 0 Å². The maximum atomic E-state index is 13.4. The molecule has 1 rings (SSSR count). The van der Waals surface area contributed by atoms with E-state index in [1.165, 1.54) is 141 Å². The quantitative estimate of drug-likeness (QED) is 0.0149. The highest BCUT2D eigenvalue weighted by Gasteiger charge is 2.47. The summed E-state index contributed by atoms with van der Waals surface area (Å²) >= 11 is 0. The second-order valence-corrected chi connectivity index (χ2v) is 21.5. The van der Waals surface area contributed by atoms with E-state index in [-0.39, 0.29) is 19.4 Å². The summed E-state index contributed by atoms with van der Waals surface area (Å²) < 4.78 is 17.6. The number of carbonyl (C=O) groups is 2. The Bertz CT molecular complexity index is 1510. The number of hydrogen-bond acceptors (Lipinski definition) is 10. The summed E-state index contributed by atoms with van der Waals surface area (Å²) in [6.07, 6.45) is 56.6. The first-order chi connectivity index (χ1) is 37.2. The van der Waals surface area contributed by atoms with Crippen LogP contribution in [0, 0.1) is 0 Å². The second-order valence-electron chi connectivity index (χ2n) is 21.5. The third kappa shape index (κ3) is 40.3. The highest BCUT2D eigenvalue weighted by molar-refractivity contribution is 5.80. The first-order valence-corrected chi connectivity index (χ1v) is 31.2. The van der Waals surface area contributed by atoms with Crippen molar-refractivity contribution in [3.8, 4) is 0 Å². The molecule has 0 aromatic heterocycles. The molecule has 0 aromatic carbocycles. The average Bonchev–Trinajstić information content (AvgIpc) is 3.42. The highest BCUT2D eigenvalue weighted by Crippen LogP contribution is 2.26. The third-order valence-corrected chi connectivity index (χ3v) is 14.4. The van der Waals surface area contributed by atoms with E-state index in [2.05, 4.69) is 62.5 Å². The second kappa shape index (κ2) is 52.8. The maximum absolute atomic E-state index is 13.4. The molecule has 1 heterocycles. The maximum Gasteiger partial charge on any atom is 0.306 e. The molecule has 76 heavy (non-hydrogen) atoms. The van der Waals surface area contributed by atoms with Gasteiger partial charge in [-0.05, 0) is 77.0 Å². The summed E-state index contributed by atoms with van der Waals surface area (Å²) in [4.78, 5) is 26.5. The Morgan fingerprint density at radius 1 is 0.539 bits per heavy atom. The molecule has 0 aromatic rings. The number of esters is 1. The van der Waals surface area contributed by atoms with Crippen LogP contribution in [-0.4, -0.2) is 99.6 Å². The van der Waals surface area contributed by atoms with Crippen LogP contribution in [0.2, 0.25) is 0 Å². The van der Waals surface area contributed by atoms with Crippen molar-refractivity contribution < 1.29 is 49.3 Å². The highest BCUT2D eigenvalue weighted by atomic mass is 16.7. The summed E-state index contributed by atoms with van der Waals surface area (Å²) in [5, 5.41) is 56.9. The Labute approximate surface area is 464 Å². The molecule has 1 aliphatic rings. The van der Waals surface area contributed by atoms with Gasteiger partial charge in [-0.1, -0.05) is 254 Å². The van der Waals surface area contributed by atoms with Gasteiger partial charge in [-0.15, -0.1) is 0 Å². The Morgan fingerprint density at radius 3 is 1.54 bits per heavy atom. The Hall–Kier alpha value is -2.90. The van der Waals surface area contributed by atoms with Crippen LogP contribution in [0.15, 0.2) is 72.9 Å². The largest absolute Gasteiger partial charge is 0.454 e. The first-order valence-electron chi connectivity index (χ1n) is 31.2. The van der Waals surface area contributed by atoms with Gasteiger partial charge in [-0.25, -0.2) is 0 Å². The minimum atomic E-state index is -1.62. The van der Waals surface area contributed by atoms with E-state index in [4.69, 9.17) is 14.2 Å². The lowest BCUT2D eigenvalue weighted by Crippen LogP contribution is -2.61. The number of unbranched alkanes of at least 4 members (excludes halogenated alkanes) is 30. The fraction of sp³-hybridized carbons (Fsp3) is 0.785. The molecule has 11 nitrogen and oxygen atoms in total. The monoisotopic (exact) mass is 1070 g/mol. The number of aliphatic hydroxyl groups excluding tert-OH is 5. The number of allylic oxidation sites excluding steroid dienone is 11.